The molecule has 1 fully saturated rings. The zero-order chi connectivity index (χ0) is 16.8. The molecule has 1 N–H and O–H groups in total. The van der Waals surface area contributed by atoms with Crippen molar-refractivity contribution in [2.24, 2.45) is 0 Å². The summed E-state index contributed by atoms with van der Waals surface area (Å²) in [6.07, 6.45) is 2.06. The Balaban J connectivity index is 1.89. The van der Waals surface area contributed by atoms with Crippen molar-refractivity contribution in [1.82, 2.24) is 9.80 Å². The number of nitrogens with zero attached hydrogens (tertiary/aromatic N) is 2. The van der Waals surface area contributed by atoms with Gasteiger partial charge in [0.25, 0.3) is 0 Å². The molecule has 1 aliphatic rings. The van der Waals surface area contributed by atoms with Gasteiger partial charge in [-0.25, -0.2) is 4.79 Å². The van der Waals surface area contributed by atoms with E-state index in [0.29, 0.717) is 18.7 Å². The van der Waals surface area contributed by atoms with Gasteiger partial charge < -0.3 is 19.9 Å². The Morgan fingerprint density at radius 3 is 2.61 bits per heavy atom. The van der Waals surface area contributed by atoms with Gasteiger partial charge in [-0.3, -0.25) is 0 Å². The SMILES string of the molecule is CCOc1ccc(NC(=O)N(C)[C@H]2CCN(CC)[C@@H](C)C2)cc1. The lowest BCUT2D eigenvalue weighted by Gasteiger charge is -2.40. The number of urea groups is 1. The van der Waals surface area contributed by atoms with Crippen LogP contribution in [0.25, 0.3) is 0 Å². The van der Waals surface area contributed by atoms with Crippen molar-refractivity contribution in [3.05, 3.63) is 24.3 Å². The maximum Gasteiger partial charge on any atom is 0.321 e. The molecular formula is C18H29N3O2. The van der Waals surface area contributed by atoms with Crippen LogP contribution in [0.1, 0.15) is 33.6 Å². The first-order chi connectivity index (χ1) is 11.0. The molecule has 0 aromatic heterocycles. The van der Waals surface area contributed by atoms with E-state index in [9.17, 15) is 4.79 Å². The largest absolute Gasteiger partial charge is 0.494 e. The fourth-order valence-corrected chi connectivity index (χ4v) is 3.20. The standard InChI is InChI=1S/C18H29N3O2/c1-5-21-12-11-16(13-14(21)3)20(4)18(22)19-15-7-9-17(10-8-15)23-6-2/h7-10,14,16H,5-6,11-13H2,1-4H3,(H,19,22)/t14-,16-/m0/s1. The van der Waals surface area contributed by atoms with E-state index in [1.165, 1.54) is 0 Å². The third-order valence-corrected chi connectivity index (χ3v) is 4.68. The van der Waals surface area contributed by atoms with Crippen molar-refractivity contribution >= 4 is 11.7 Å². The third kappa shape index (κ3) is 4.61. The number of hydrogen-bond acceptors (Lipinski definition) is 3. The average Bonchev–Trinajstić information content (AvgIpc) is 2.56. The van der Waals surface area contributed by atoms with Crippen molar-refractivity contribution in [3.63, 3.8) is 0 Å². The summed E-state index contributed by atoms with van der Waals surface area (Å²) in [6.45, 7) is 9.17. The molecule has 0 saturated carbocycles. The maximum absolute atomic E-state index is 12.5. The maximum atomic E-state index is 12.5. The monoisotopic (exact) mass is 319 g/mol. The summed E-state index contributed by atoms with van der Waals surface area (Å²) in [5.74, 6) is 0.819. The number of piperidine rings is 1. The van der Waals surface area contributed by atoms with Gasteiger partial charge in [0.2, 0.25) is 0 Å². The number of rotatable bonds is 5. The van der Waals surface area contributed by atoms with Crippen molar-refractivity contribution in [1.29, 1.82) is 0 Å². The average molecular weight is 319 g/mol. The van der Waals surface area contributed by atoms with Crippen molar-refractivity contribution in [2.45, 2.75) is 45.7 Å². The van der Waals surface area contributed by atoms with Gasteiger partial charge in [-0.05, 0) is 57.5 Å². The van der Waals surface area contributed by atoms with E-state index in [0.717, 1.165) is 37.4 Å². The van der Waals surface area contributed by atoms with Gasteiger partial charge in [-0.15, -0.1) is 0 Å². The number of carbonyl (C=O) groups excluding carboxylic acids is 1. The Labute approximate surface area is 139 Å². The van der Waals surface area contributed by atoms with Crippen LogP contribution in [-0.4, -0.2) is 54.7 Å². The number of likely N-dealkylation sites (tertiary alicyclic amines) is 1. The highest BCUT2D eigenvalue weighted by molar-refractivity contribution is 5.89. The molecule has 1 aromatic rings. The molecule has 0 radical (unpaired) electrons. The van der Waals surface area contributed by atoms with E-state index in [-0.39, 0.29) is 6.03 Å². The first kappa shape index (κ1) is 17.6. The summed E-state index contributed by atoms with van der Waals surface area (Å²) in [5, 5.41) is 2.97. The van der Waals surface area contributed by atoms with Crippen LogP contribution in [0.2, 0.25) is 0 Å². The van der Waals surface area contributed by atoms with Crippen molar-refractivity contribution < 1.29 is 9.53 Å². The quantitative estimate of drug-likeness (QED) is 0.904. The molecule has 2 atom stereocenters. The predicted molar refractivity (Wildman–Crippen MR) is 94.1 cm³/mol. The minimum atomic E-state index is -0.0451. The Morgan fingerprint density at radius 1 is 1.35 bits per heavy atom. The van der Waals surface area contributed by atoms with Crippen LogP contribution in [0.5, 0.6) is 5.75 Å². The van der Waals surface area contributed by atoms with Gasteiger partial charge >= 0.3 is 6.03 Å². The highest BCUT2D eigenvalue weighted by atomic mass is 16.5. The lowest BCUT2D eigenvalue weighted by Crippen LogP contribution is -2.50. The summed E-state index contributed by atoms with van der Waals surface area (Å²) in [7, 11) is 1.89. The molecule has 5 nitrogen and oxygen atoms in total. The number of hydrogen-bond donors (Lipinski definition) is 1. The summed E-state index contributed by atoms with van der Waals surface area (Å²) in [6, 6.07) is 8.28. The van der Waals surface area contributed by atoms with Crippen LogP contribution in [0.4, 0.5) is 10.5 Å². The minimum Gasteiger partial charge on any atom is -0.494 e. The molecule has 2 amide bonds. The summed E-state index contributed by atoms with van der Waals surface area (Å²) < 4.78 is 5.41. The predicted octanol–water partition coefficient (Wildman–Crippen LogP) is 3.42. The molecule has 1 aromatic carbocycles. The lowest BCUT2D eigenvalue weighted by molar-refractivity contribution is 0.104. The van der Waals surface area contributed by atoms with Crippen LogP contribution in [0.3, 0.4) is 0 Å². The number of anilines is 1. The van der Waals surface area contributed by atoms with Crippen molar-refractivity contribution in [2.75, 3.05) is 32.1 Å². The van der Waals surface area contributed by atoms with E-state index in [1.807, 2.05) is 43.1 Å². The highest BCUT2D eigenvalue weighted by Gasteiger charge is 2.29. The zero-order valence-corrected chi connectivity index (χ0v) is 14.7. The molecule has 0 aliphatic carbocycles. The van der Waals surface area contributed by atoms with Crippen LogP contribution >= 0.6 is 0 Å². The Hall–Kier alpha value is -1.75. The first-order valence-electron chi connectivity index (χ1n) is 8.55. The second-order valence-electron chi connectivity index (χ2n) is 6.15. The third-order valence-electron chi connectivity index (χ3n) is 4.68. The summed E-state index contributed by atoms with van der Waals surface area (Å²) in [5.41, 5.74) is 0.796. The van der Waals surface area contributed by atoms with E-state index in [1.54, 1.807) is 0 Å². The second kappa shape index (κ2) is 8.20. The lowest BCUT2D eigenvalue weighted by atomic mass is 9.97. The summed E-state index contributed by atoms with van der Waals surface area (Å²) in [4.78, 5) is 16.8. The first-order valence-corrected chi connectivity index (χ1v) is 8.55. The molecule has 1 heterocycles. The number of ether oxygens (including phenoxy) is 1. The highest BCUT2D eigenvalue weighted by Crippen LogP contribution is 2.22. The van der Waals surface area contributed by atoms with Crippen LogP contribution < -0.4 is 10.1 Å². The van der Waals surface area contributed by atoms with Gasteiger partial charge in [0.05, 0.1) is 6.61 Å². The van der Waals surface area contributed by atoms with E-state index < -0.39 is 0 Å². The fraction of sp³-hybridized carbons (Fsp3) is 0.611. The molecule has 23 heavy (non-hydrogen) atoms. The van der Waals surface area contributed by atoms with E-state index in [4.69, 9.17) is 4.74 Å². The van der Waals surface area contributed by atoms with Crippen LogP contribution in [0, 0.1) is 0 Å². The molecule has 5 heteroatoms. The molecule has 0 spiro atoms. The molecule has 0 unspecified atom stereocenters. The van der Waals surface area contributed by atoms with Gasteiger partial charge in [-0.2, -0.15) is 0 Å². The molecule has 1 aliphatic heterocycles. The topological polar surface area (TPSA) is 44.8 Å². The molecule has 2 rings (SSSR count). The van der Waals surface area contributed by atoms with Gasteiger partial charge in [-0.1, -0.05) is 6.92 Å². The number of benzene rings is 1. The van der Waals surface area contributed by atoms with Gasteiger partial charge in [0, 0.05) is 31.4 Å². The van der Waals surface area contributed by atoms with Crippen LogP contribution in [0.15, 0.2) is 24.3 Å². The second-order valence-corrected chi connectivity index (χ2v) is 6.15. The molecule has 1 saturated heterocycles. The number of nitrogens with one attached hydrogen (secondary N) is 1. The Morgan fingerprint density at radius 2 is 2.04 bits per heavy atom. The normalized spacial score (nSPS) is 21.7. The number of carbonyl (C=O) groups is 1. The van der Waals surface area contributed by atoms with Crippen molar-refractivity contribution in [3.8, 4) is 5.75 Å². The Kier molecular flexibility index (Phi) is 6.28. The molecule has 0 bridgehead atoms. The van der Waals surface area contributed by atoms with Gasteiger partial charge in [0.15, 0.2) is 0 Å². The Bertz CT molecular complexity index is 503. The molecular weight excluding hydrogens is 290 g/mol. The van der Waals surface area contributed by atoms with E-state index >= 15 is 0 Å². The van der Waals surface area contributed by atoms with E-state index in [2.05, 4.69) is 24.1 Å². The minimum absolute atomic E-state index is 0.0451. The van der Waals surface area contributed by atoms with Crippen LogP contribution in [-0.2, 0) is 0 Å². The molecule has 128 valence electrons. The smallest absolute Gasteiger partial charge is 0.321 e. The zero-order valence-electron chi connectivity index (χ0n) is 14.7. The van der Waals surface area contributed by atoms with Gasteiger partial charge in [0.1, 0.15) is 5.75 Å². The fourth-order valence-electron chi connectivity index (χ4n) is 3.20. The number of amides is 2. The summed E-state index contributed by atoms with van der Waals surface area (Å²) >= 11 is 0.